The van der Waals surface area contributed by atoms with Crippen LogP contribution in [0.5, 0.6) is 5.75 Å². The van der Waals surface area contributed by atoms with Gasteiger partial charge in [0.15, 0.2) is 0 Å². The molecule has 2 saturated carbocycles. The van der Waals surface area contributed by atoms with E-state index in [1.165, 1.54) is 89.0 Å². The fraction of sp³-hybridized carbons (Fsp3) is 0.750. The summed E-state index contributed by atoms with van der Waals surface area (Å²) in [5.41, 5.74) is 1.44. The minimum Gasteiger partial charge on any atom is -0.508 e. The zero-order chi connectivity index (χ0) is 17.5. The Morgan fingerprint density at radius 1 is 0.760 bits per heavy atom. The maximum Gasteiger partial charge on any atom is 0.115 e. The molecule has 0 atom stereocenters. The van der Waals surface area contributed by atoms with Gasteiger partial charge in [-0.15, -0.1) is 0 Å². The first kappa shape index (κ1) is 18.8. The van der Waals surface area contributed by atoms with E-state index < -0.39 is 0 Å². The highest BCUT2D eigenvalue weighted by Crippen LogP contribution is 2.44. The average molecular weight is 343 g/mol. The zero-order valence-corrected chi connectivity index (χ0v) is 16.3. The Bertz CT molecular complexity index is 475. The van der Waals surface area contributed by atoms with Crippen LogP contribution in [0.4, 0.5) is 0 Å². The third-order valence-electron chi connectivity index (χ3n) is 7.16. The second kappa shape index (κ2) is 9.64. The van der Waals surface area contributed by atoms with Crippen LogP contribution in [0.3, 0.4) is 0 Å². The molecule has 0 aromatic heterocycles. The molecule has 1 aromatic rings. The first-order valence-corrected chi connectivity index (χ1v) is 11.0. The van der Waals surface area contributed by atoms with Gasteiger partial charge in [0.05, 0.1) is 0 Å². The van der Waals surface area contributed by atoms with E-state index in [0.717, 1.165) is 23.7 Å². The van der Waals surface area contributed by atoms with Crippen molar-refractivity contribution in [3.05, 3.63) is 29.8 Å². The quantitative estimate of drug-likeness (QED) is 0.510. The van der Waals surface area contributed by atoms with Crippen molar-refractivity contribution in [3.63, 3.8) is 0 Å². The molecule has 2 fully saturated rings. The van der Waals surface area contributed by atoms with Crippen LogP contribution < -0.4 is 0 Å². The Hall–Kier alpha value is -0.980. The van der Waals surface area contributed by atoms with E-state index in [0.29, 0.717) is 5.75 Å². The van der Waals surface area contributed by atoms with Crippen LogP contribution in [0, 0.1) is 17.8 Å². The summed E-state index contributed by atoms with van der Waals surface area (Å²) in [5.74, 6) is 4.18. The van der Waals surface area contributed by atoms with Gasteiger partial charge in [0.25, 0.3) is 0 Å². The minimum atomic E-state index is 0.392. The fourth-order valence-electron chi connectivity index (χ4n) is 5.48. The van der Waals surface area contributed by atoms with Gasteiger partial charge in [0.2, 0.25) is 0 Å². The van der Waals surface area contributed by atoms with Gasteiger partial charge >= 0.3 is 0 Å². The van der Waals surface area contributed by atoms with Crippen LogP contribution in [0.15, 0.2) is 24.3 Å². The Morgan fingerprint density at radius 2 is 1.36 bits per heavy atom. The monoisotopic (exact) mass is 342 g/mol. The molecule has 25 heavy (non-hydrogen) atoms. The Kier molecular flexibility index (Phi) is 7.25. The van der Waals surface area contributed by atoms with Crippen molar-refractivity contribution in [1.29, 1.82) is 0 Å². The van der Waals surface area contributed by atoms with Crippen molar-refractivity contribution in [2.24, 2.45) is 17.8 Å². The van der Waals surface area contributed by atoms with Gasteiger partial charge < -0.3 is 5.11 Å². The molecule has 1 nitrogen and oxygen atoms in total. The van der Waals surface area contributed by atoms with Crippen LogP contribution in [0.2, 0.25) is 0 Å². The molecule has 0 radical (unpaired) electrons. The highest BCUT2D eigenvalue weighted by molar-refractivity contribution is 5.28. The maximum atomic E-state index is 9.47. The summed E-state index contributed by atoms with van der Waals surface area (Å²) in [6.45, 7) is 2.31. The van der Waals surface area contributed by atoms with Crippen molar-refractivity contribution in [2.75, 3.05) is 0 Å². The lowest BCUT2D eigenvalue weighted by Gasteiger charge is -2.38. The molecule has 0 spiro atoms. The van der Waals surface area contributed by atoms with Crippen molar-refractivity contribution < 1.29 is 5.11 Å². The van der Waals surface area contributed by atoms with Crippen LogP contribution in [-0.4, -0.2) is 5.11 Å². The smallest absolute Gasteiger partial charge is 0.115 e. The Labute approximate surface area is 155 Å². The number of hydrogen-bond donors (Lipinski definition) is 1. The number of phenolic OH excluding ortho intramolecular Hbond substituents is 1. The molecule has 0 amide bonds. The normalized spacial score (nSPS) is 30.3. The molecule has 0 saturated heterocycles. The maximum absolute atomic E-state index is 9.47. The van der Waals surface area contributed by atoms with Crippen molar-refractivity contribution in [2.45, 2.75) is 96.3 Å². The molecule has 140 valence electrons. The second-order valence-corrected chi connectivity index (χ2v) is 8.83. The SMILES string of the molecule is CCCCCCC1CCC(C2CCC(c3ccc(O)cc3)CC2)CC1. The van der Waals surface area contributed by atoms with Crippen LogP contribution in [0.25, 0.3) is 0 Å². The molecule has 0 aliphatic heterocycles. The molecule has 0 unspecified atom stereocenters. The number of aromatic hydroxyl groups is 1. The van der Waals surface area contributed by atoms with Gasteiger partial charge in [-0.1, -0.05) is 64.0 Å². The van der Waals surface area contributed by atoms with Crippen molar-refractivity contribution in [3.8, 4) is 5.75 Å². The first-order chi connectivity index (χ1) is 12.3. The topological polar surface area (TPSA) is 20.2 Å². The van der Waals surface area contributed by atoms with Crippen molar-refractivity contribution >= 4 is 0 Å². The first-order valence-electron chi connectivity index (χ1n) is 11.0. The van der Waals surface area contributed by atoms with Gasteiger partial charge in [-0.3, -0.25) is 0 Å². The summed E-state index contributed by atoms with van der Waals surface area (Å²) in [7, 11) is 0. The van der Waals surface area contributed by atoms with Gasteiger partial charge in [0.1, 0.15) is 5.75 Å². The molecular formula is C24H38O. The highest BCUT2D eigenvalue weighted by atomic mass is 16.3. The van der Waals surface area contributed by atoms with Crippen molar-refractivity contribution in [1.82, 2.24) is 0 Å². The van der Waals surface area contributed by atoms with E-state index >= 15 is 0 Å². The van der Waals surface area contributed by atoms with E-state index in [4.69, 9.17) is 0 Å². The number of unbranched alkanes of at least 4 members (excludes halogenated alkanes) is 3. The van der Waals surface area contributed by atoms with Crippen LogP contribution in [-0.2, 0) is 0 Å². The van der Waals surface area contributed by atoms with E-state index in [2.05, 4.69) is 19.1 Å². The summed E-state index contributed by atoms with van der Waals surface area (Å²) in [6, 6.07) is 7.96. The lowest BCUT2D eigenvalue weighted by molar-refractivity contribution is 0.155. The lowest BCUT2D eigenvalue weighted by Crippen LogP contribution is -2.25. The third kappa shape index (κ3) is 5.50. The molecule has 1 N–H and O–H groups in total. The summed E-state index contributed by atoms with van der Waals surface area (Å²) >= 11 is 0. The van der Waals surface area contributed by atoms with Gasteiger partial charge in [-0.05, 0) is 79.9 Å². The standard InChI is InChI=1S/C24H38O/c1-2-3-4-5-6-19-7-9-20(10-8-19)21-11-13-22(14-12-21)23-15-17-24(25)18-16-23/h15-22,25H,2-14H2,1H3. The molecule has 0 heterocycles. The molecule has 0 bridgehead atoms. The lowest BCUT2D eigenvalue weighted by atomic mass is 9.68. The van der Waals surface area contributed by atoms with Gasteiger partial charge in [0, 0.05) is 0 Å². The van der Waals surface area contributed by atoms with Gasteiger partial charge in [-0.25, -0.2) is 0 Å². The number of phenols is 1. The summed E-state index contributed by atoms with van der Waals surface area (Å²) < 4.78 is 0. The fourth-order valence-corrected chi connectivity index (χ4v) is 5.48. The predicted octanol–water partition coefficient (Wildman–Crippen LogP) is 7.44. The number of rotatable bonds is 7. The Balaban J connectivity index is 1.37. The Morgan fingerprint density at radius 3 is 1.96 bits per heavy atom. The van der Waals surface area contributed by atoms with E-state index in [1.807, 2.05) is 12.1 Å². The average Bonchev–Trinajstić information content (AvgIpc) is 2.67. The molecular weight excluding hydrogens is 304 g/mol. The summed E-state index contributed by atoms with van der Waals surface area (Å²) in [5, 5.41) is 9.47. The number of hydrogen-bond acceptors (Lipinski definition) is 1. The summed E-state index contributed by atoms with van der Waals surface area (Å²) in [6.07, 6.45) is 18.8. The second-order valence-electron chi connectivity index (χ2n) is 8.83. The van der Waals surface area contributed by atoms with E-state index in [9.17, 15) is 5.11 Å². The largest absolute Gasteiger partial charge is 0.508 e. The molecule has 1 heteroatoms. The van der Waals surface area contributed by atoms with E-state index in [1.54, 1.807) is 0 Å². The molecule has 2 aliphatic rings. The molecule has 1 aromatic carbocycles. The third-order valence-corrected chi connectivity index (χ3v) is 7.16. The van der Waals surface area contributed by atoms with E-state index in [-0.39, 0.29) is 0 Å². The number of benzene rings is 1. The highest BCUT2D eigenvalue weighted by Gasteiger charge is 2.31. The van der Waals surface area contributed by atoms with Crippen LogP contribution >= 0.6 is 0 Å². The zero-order valence-electron chi connectivity index (χ0n) is 16.3. The predicted molar refractivity (Wildman–Crippen MR) is 107 cm³/mol. The van der Waals surface area contributed by atoms with Gasteiger partial charge in [-0.2, -0.15) is 0 Å². The molecule has 3 rings (SSSR count). The molecule has 2 aliphatic carbocycles. The van der Waals surface area contributed by atoms with Crippen LogP contribution in [0.1, 0.15) is 102 Å². The summed E-state index contributed by atoms with van der Waals surface area (Å²) in [4.78, 5) is 0. The minimum absolute atomic E-state index is 0.392.